The van der Waals surface area contributed by atoms with Crippen molar-refractivity contribution in [2.75, 3.05) is 0 Å². The Balaban J connectivity index is 2.70. The van der Waals surface area contributed by atoms with Crippen LogP contribution < -0.4 is 5.11 Å². The lowest BCUT2D eigenvalue weighted by Gasteiger charge is -2.19. The molecule has 0 amide bonds. The quantitative estimate of drug-likeness (QED) is 0.581. The van der Waals surface area contributed by atoms with Gasteiger partial charge in [-0.25, -0.2) is 0 Å². The summed E-state index contributed by atoms with van der Waals surface area (Å²) in [5.74, 6) is -1.12. The summed E-state index contributed by atoms with van der Waals surface area (Å²) in [7, 11) is 0. The highest BCUT2D eigenvalue weighted by atomic mass is 35.5. The van der Waals surface area contributed by atoms with E-state index in [0.717, 1.165) is 4.90 Å². The first kappa shape index (κ1) is 11.4. The van der Waals surface area contributed by atoms with Crippen molar-refractivity contribution in [3.63, 3.8) is 0 Å². The molecular formula is C10H10ClO2S-. The smallest absolute Gasteiger partial charge is 0.0651 e. The lowest BCUT2D eigenvalue weighted by atomic mass is 10.3. The van der Waals surface area contributed by atoms with Crippen LogP contribution in [0.5, 0.6) is 0 Å². The summed E-state index contributed by atoms with van der Waals surface area (Å²) in [6.07, 6.45) is 0. The first-order chi connectivity index (χ1) is 6.61. The van der Waals surface area contributed by atoms with Gasteiger partial charge in [0.1, 0.15) is 0 Å². The van der Waals surface area contributed by atoms with Crippen LogP contribution in [0.25, 0.3) is 0 Å². The van der Waals surface area contributed by atoms with Crippen LogP contribution in [0.4, 0.5) is 0 Å². The standard InChI is InChI=1S/C10H11ClO2S/c1-7(11)9(10(12)13)14-8-5-3-2-4-6-8/h2-7,9H,1H3,(H,12,13)/p-1/t7-,9-/m1/s1. The molecule has 1 rings (SSSR count). The van der Waals surface area contributed by atoms with Crippen LogP contribution in [0, 0.1) is 0 Å². The van der Waals surface area contributed by atoms with E-state index in [1.165, 1.54) is 11.8 Å². The van der Waals surface area contributed by atoms with E-state index >= 15 is 0 Å². The predicted molar refractivity (Wildman–Crippen MR) is 56.4 cm³/mol. The average molecular weight is 230 g/mol. The van der Waals surface area contributed by atoms with Crippen LogP contribution in [0.2, 0.25) is 0 Å². The molecule has 0 fully saturated rings. The molecule has 76 valence electrons. The van der Waals surface area contributed by atoms with Gasteiger partial charge in [0.2, 0.25) is 0 Å². The number of carbonyl (C=O) groups is 1. The zero-order chi connectivity index (χ0) is 10.6. The van der Waals surface area contributed by atoms with E-state index in [1.807, 2.05) is 30.3 Å². The molecule has 0 radical (unpaired) electrons. The molecule has 0 spiro atoms. The monoisotopic (exact) mass is 229 g/mol. The first-order valence-electron chi connectivity index (χ1n) is 4.18. The minimum atomic E-state index is -1.12. The largest absolute Gasteiger partial charge is 0.549 e. The molecule has 0 N–H and O–H groups in total. The van der Waals surface area contributed by atoms with E-state index in [1.54, 1.807) is 6.92 Å². The summed E-state index contributed by atoms with van der Waals surface area (Å²) in [6.45, 7) is 1.65. The van der Waals surface area contributed by atoms with Crippen LogP contribution in [-0.2, 0) is 4.79 Å². The Kier molecular flexibility index (Phi) is 4.29. The number of carbonyl (C=O) groups excluding carboxylic acids is 1. The van der Waals surface area contributed by atoms with Gasteiger partial charge in [-0.1, -0.05) is 18.2 Å². The third-order valence-electron chi connectivity index (χ3n) is 1.66. The van der Waals surface area contributed by atoms with Crippen LogP contribution in [0.3, 0.4) is 0 Å². The molecule has 0 aromatic heterocycles. The summed E-state index contributed by atoms with van der Waals surface area (Å²) >= 11 is 6.96. The predicted octanol–water partition coefficient (Wildman–Crippen LogP) is 1.52. The van der Waals surface area contributed by atoms with Gasteiger partial charge in [-0.3, -0.25) is 0 Å². The number of carboxylic acids is 1. The Labute approximate surface area is 92.3 Å². The van der Waals surface area contributed by atoms with E-state index in [0.29, 0.717) is 0 Å². The molecule has 2 nitrogen and oxygen atoms in total. The zero-order valence-corrected chi connectivity index (χ0v) is 9.22. The number of hydrogen-bond acceptors (Lipinski definition) is 3. The van der Waals surface area contributed by atoms with E-state index in [-0.39, 0.29) is 0 Å². The fraction of sp³-hybridized carbons (Fsp3) is 0.300. The number of halogens is 1. The highest BCUT2D eigenvalue weighted by Gasteiger charge is 2.17. The summed E-state index contributed by atoms with van der Waals surface area (Å²) in [5.41, 5.74) is 0. The Morgan fingerprint density at radius 2 is 2.00 bits per heavy atom. The Morgan fingerprint density at radius 1 is 1.43 bits per heavy atom. The van der Waals surface area contributed by atoms with Gasteiger partial charge < -0.3 is 9.90 Å². The molecule has 0 aliphatic carbocycles. The van der Waals surface area contributed by atoms with Crippen molar-refractivity contribution in [3.05, 3.63) is 30.3 Å². The van der Waals surface area contributed by atoms with Crippen LogP contribution in [-0.4, -0.2) is 16.6 Å². The van der Waals surface area contributed by atoms with Gasteiger partial charge in [0, 0.05) is 10.3 Å². The van der Waals surface area contributed by atoms with E-state index in [9.17, 15) is 9.90 Å². The van der Waals surface area contributed by atoms with E-state index < -0.39 is 16.6 Å². The van der Waals surface area contributed by atoms with E-state index in [4.69, 9.17) is 11.6 Å². The normalized spacial score (nSPS) is 14.7. The van der Waals surface area contributed by atoms with Crippen molar-refractivity contribution in [1.82, 2.24) is 0 Å². The molecule has 4 heteroatoms. The lowest BCUT2D eigenvalue weighted by Crippen LogP contribution is -2.38. The Hall–Kier alpha value is -0.670. The van der Waals surface area contributed by atoms with Gasteiger partial charge in [-0.05, 0) is 19.1 Å². The van der Waals surface area contributed by atoms with Crippen LogP contribution in [0.15, 0.2) is 35.2 Å². The summed E-state index contributed by atoms with van der Waals surface area (Å²) < 4.78 is 0. The molecule has 0 saturated heterocycles. The van der Waals surface area contributed by atoms with Crippen LogP contribution in [0.1, 0.15) is 6.92 Å². The van der Waals surface area contributed by atoms with Gasteiger partial charge in [0.25, 0.3) is 0 Å². The van der Waals surface area contributed by atoms with Gasteiger partial charge in [-0.2, -0.15) is 0 Å². The molecule has 14 heavy (non-hydrogen) atoms. The SMILES string of the molecule is C[C@@H](Cl)[C@@H](Sc1ccccc1)C(=O)[O-]. The molecule has 0 aliphatic rings. The molecular weight excluding hydrogens is 220 g/mol. The summed E-state index contributed by atoms with van der Waals surface area (Å²) in [6, 6.07) is 9.28. The van der Waals surface area contributed by atoms with Gasteiger partial charge >= 0.3 is 0 Å². The minimum Gasteiger partial charge on any atom is -0.549 e. The van der Waals surface area contributed by atoms with Crippen molar-refractivity contribution in [3.8, 4) is 0 Å². The molecule has 0 aliphatic heterocycles. The zero-order valence-electron chi connectivity index (χ0n) is 7.64. The average Bonchev–Trinajstić information content (AvgIpc) is 2.15. The molecule has 2 atom stereocenters. The number of carboxylic acid groups (broad SMARTS) is 1. The fourth-order valence-electron chi connectivity index (χ4n) is 0.975. The molecule has 1 aromatic rings. The number of benzene rings is 1. The van der Waals surface area contributed by atoms with E-state index in [2.05, 4.69) is 0 Å². The van der Waals surface area contributed by atoms with Crippen molar-refractivity contribution in [2.45, 2.75) is 22.4 Å². The lowest BCUT2D eigenvalue weighted by molar-refractivity contribution is -0.304. The number of aliphatic carboxylic acids is 1. The molecule has 0 unspecified atom stereocenters. The van der Waals surface area contributed by atoms with Crippen molar-refractivity contribution >= 4 is 29.3 Å². The Morgan fingerprint density at radius 3 is 2.43 bits per heavy atom. The number of hydrogen-bond donors (Lipinski definition) is 0. The topological polar surface area (TPSA) is 40.1 Å². The Bertz CT molecular complexity index is 300. The minimum absolute atomic E-state index is 0.454. The molecule has 0 bridgehead atoms. The number of rotatable bonds is 4. The maximum atomic E-state index is 10.7. The number of alkyl halides is 1. The second kappa shape index (κ2) is 5.27. The second-order valence-corrected chi connectivity index (χ2v) is 4.75. The van der Waals surface area contributed by atoms with Gasteiger partial charge in [-0.15, -0.1) is 23.4 Å². The van der Waals surface area contributed by atoms with Crippen LogP contribution >= 0.6 is 23.4 Å². The fourth-order valence-corrected chi connectivity index (χ4v) is 2.12. The van der Waals surface area contributed by atoms with Gasteiger partial charge in [0.15, 0.2) is 0 Å². The second-order valence-electron chi connectivity index (χ2n) is 2.85. The van der Waals surface area contributed by atoms with Crippen molar-refractivity contribution < 1.29 is 9.90 Å². The summed E-state index contributed by atoms with van der Waals surface area (Å²) in [4.78, 5) is 11.6. The maximum absolute atomic E-state index is 10.7. The molecule has 0 heterocycles. The maximum Gasteiger partial charge on any atom is 0.0651 e. The highest BCUT2D eigenvalue weighted by molar-refractivity contribution is 8.00. The van der Waals surface area contributed by atoms with Crippen molar-refractivity contribution in [1.29, 1.82) is 0 Å². The molecule has 0 saturated carbocycles. The third-order valence-corrected chi connectivity index (χ3v) is 3.46. The van der Waals surface area contributed by atoms with Gasteiger partial charge in [0.05, 0.1) is 11.2 Å². The molecule has 1 aromatic carbocycles. The van der Waals surface area contributed by atoms with Crippen molar-refractivity contribution in [2.24, 2.45) is 0 Å². The highest BCUT2D eigenvalue weighted by Crippen LogP contribution is 2.26. The summed E-state index contributed by atoms with van der Waals surface area (Å²) in [5, 5.41) is 9.57. The third kappa shape index (κ3) is 3.24. The first-order valence-corrected chi connectivity index (χ1v) is 5.49. The number of thioether (sulfide) groups is 1.